The van der Waals surface area contributed by atoms with Gasteiger partial charge in [-0.15, -0.1) is 0 Å². The topological polar surface area (TPSA) is 89.1 Å². The van der Waals surface area contributed by atoms with Crippen LogP contribution in [0.15, 0.2) is 47.6 Å². The number of benzene rings is 1. The van der Waals surface area contributed by atoms with E-state index in [-0.39, 0.29) is 41.3 Å². The number of halogens is 3. The van der Waals surface area contributed by atoms with Crippen LogP contribution in [0.3, 0.4) is 0 Å². The number of likely N-dealkylation sites (N-methyl/N-ethyl adjacent to an activating group) is 1. The first kappa shape index (κ1) is 26.9. The number of pyridine rings is 1. The van der Waals surface area contributed by atoms with Crippen LogP contribution >= 0.6 is 11.8 Å². The molecule has 0 aliphatic carbocycles. The lowest BCUT2D eigenvalue weighted by molar-refractivity contribution is -0.119. The zero-order valence-corrected chi connectivity index (χ0v) is 21.2. The van der Waals surface area contributed by atoms with Crippen LogP contribution in [0.5, 0.6) is 0 Å². The van der Waals surface area contributed by atoms with Gasteiger partial charge in [-0.25, -0.2) is 9.69 Å². The number of piperazine rings is 1. The van der Waals surface area contributed by atoms with E-state index in [1.807, 2.05) is 7.05 Å². The normalized spacial score (nSPS) is 19.5. The molecule has 13 heteroatoms. The van der Waals surface area contributed by atoms with Gasteiger partial charge in [-0.2, -0.15) is 13.2 Å². The number of carbonyl (C=O) groups is 3. The fourth-order valence-corrected chi connectivity index (χ4v) is 4.74. The van der Waals surface area contributed by atoms with Crippen LogP contribution in [-0.2, 0) is 16.1 Å². The van der Waals surface area contributed by atoms with Gasteiger partial charge in [0.1, 0.15) is 6.04 Å². The van der Waals surface area contributed by atoms with Crippen LogP contribution in [0.4, 0.5) is 29.3 Å². The van der Waals surface area contributed by atoms with Gasteiger partial charge in [0.15, 0.2) is 0 Å². The molecule has 1 atom stereocenters. The van der Waals surface area contributed by atoms with Crippen molar-refractivity contribution in [1.82, 2.24) is 19.7 Å². The summed E-state index contributed by atoms with van der Waals surface area (Å²) in [7, 11) is 2.04. The molecule has 2 aromatic rings. The molecule has 1 unspecified atom stereocenters. The number of urea groups is 1. The first-order valence-corrected chi connectivity index (χ1v) is 12.5. The maximum absolute atomic E-state index is 13.2. The molecule has 2 saturated heterocycles. The number of amides is 4. The third-order valence-electron chi connectivity index (χ3n) is 6.30. The first-order chi connectivity index (χ1) is 17.5. The molecule has 4 amide bonds. The van der Waals surface area contributed by atoms with E-state index in [1.54, 1.807) is 13.0 Å². The summed E-state index contributed by atoms with van der Waals surface area (Å²) in [6.45, 7) is 5.20. The number of aromatic nitrogens is 1. The summed E-state index contributed by atoms with van der Waals surface area (Å²) in [6.07, 6.45) is 3.03. The second-order valence-corrected chi connectivity index (χ2v) is 10.1. The zero-order valence-electron chi connectivity index (χ0n) is 20.4. The number of nitrogens with one attached hydrogen (secondary N) is 1. The summed E-state index contributed by atoms with van der Waals surface area (Å²) in [5.41, 5.74) is -3.20. The Balaban J connectivity index is 1.44. The van der Waals surface area contributed by atoms with E-state index in [9.17, 15) is 27.6 Å². The van der Waals surface area contributed by atoms with Gasteiger partial charge < -0.3 is 15.1 Å². The molecule has 1 aromatic heterocycles. The van der Waals surface area contributed by atoms with Gasteiger partial charge in [0, 0.05) is 37.3 Å². The van der Waals surface area contributed by atoms with Crippen LogP contribution in [0.25, 0.3) is 0 Å². The maximum Gasteiger partial charge on any atom is 0.446 e. The third kappa shape index (κ3) is 6.59. The molecule has 2 aliphatic heterocycles. The molecule has 1 N–H and O–H groups in total. The molecule has 0 spiro atoms. The Kier molecular flexibility index (Phi) is 8.05. The highest BCUT2D eigenvalue weighted by Gasteiger charge is 2.43. The van der Waals surface area contributed by atoms with Crippen LogP contribution in [-0.4, -0.2) is 88.9 Å². The second kappa shape index (κ2) is 11.1. The molecular formula is C24H27F3N6O3S. The lowest BCUT2D eigenvalue weighted by atomic mass is 10.2. The third-order valence-corrected chi connectivity index (χ3v) is 7.04. The average Bonchev–Trinajstić information content (AvgIpc) is 3.04. The number of nitrogens with zero attached hydrogens (tertiary/aromatic N) is 5. The number of hydrogen-bond acceptors (Lipinski definition) is 7. The quantitative estimate of drug-likeness (QED) is 0.429. The average molecular weight is 537 g/mol. The van der Waals surface area contributed by atoms with E-state index >= 15 is 0 Å². The first-order valence-electron chi connectivity index (χ1n) is 11.7. The van der Waals surface area contributed by atoms with Gasteiger partial charge in [0.25, 0.3) is 5.91 Å². The van der Waals surface area contributed by atoms with Crippen LogP contribution in [0.1, 0.15) is 12.5 Å². The van der Waals surface area contributed by atoms with Crippen molar-refractivity contribution in [3.63, 3.8) is 0 Å². The molecule has 0 bridgehead atoms. The Morgan fingerprint density at radius 3 is 2.43 bits per heavy atom. The molecule has 198 valence electrons. The van der Waals surface area contributed by atoms with E-state index in [2.05, 4.69) is 20.1 Å². The minimum Gasteiger partial charge on any atom is -0.323 e. The summed E-state index contributed by atoms with van der Waals surface area (Å²) >= 11 is -0.271. The lowest BCUT2D eigenvalue weighted by Gasteiger charge is -2.31. The maximum atomic E-state index is 13.2. The second-order valence-electron chi connectivity index (χ2n) is 8.96. The molecule has 9 nitrogen and oxygen atoms in total. The number of hydrogen-bond donors (Lipinski definition) is 1. The standard InChI is InChI=1S/C24H27F3N6O3S/c1-16-22(35)33(18-3-5-19(6-4-18)37-24(25,26)27)23(36)32(16)14-17-7-8-28-13-20(17)29-21(34)15-31-11-9-30(2)10-12-31/h3-8,13,16H,9-12,14-15H2,1-2H3,(H,29,34). The van der Waals surface area contributed by atoms with Gasteiger partial charge in [-0.3, -0.25) is 19.5 Å². The molecule has 1 aromatic carbocycles. The molecule has 2 aliphatic rings. The molecule has 2 fully saturated rings. The van der Waals surface area contributed by atoms with E-state index in [4.69, 9.17) is 0 Å². The Labute approximate surface area is 216 Å². The number of thioether (sulfide) groups is 1. The monoisotopic (exact) mass is 536 g/mol. The minimum atomic E-state index is -4.44. The molecular weight excluding hydrogens is 509 g/mol. The van der Waals surface area contributed by atoms with Crippen LogP contribution in [0.2, 0.25) is 0 Å². The number of anilines is 2. The highest BCUT2D eigenvalue weighted by atomic mass is 32.2. The van der Waals surface area contributed by atoms with Crippen LogP contribution < -0.4 is 10.2 Å². The molecule has 37 heavy (non-hydrogen) atoms. The van der Waals surface area contributed by atoms with Crippen molar-refractivity contribution in [2.24, 2.45) is 0 Å². The summed E-state index contributed by atoms with van der Waals surface area (Å²) in [4.78, 5) is 49.4. The summed E-state index contributed by atoms with van der Waals surface area (Å²) < 4.78 is 37.9. The summed E-state index contributed by atoms with van der Waals surface area (Å²) in [5, 5.41) is 2.86. The Morgan fingerprint density at radius 2 is 1.78 bits per heavy atom. The van der Waals surface area contributed by atoms with E-state index < -0.39 is 23.5 Å². The fraction of sp³-hybridized carbons (Fsp3) is 0.417. The van der Waals surface area contributed by atoms with E-state index in [0.717, 1.165) is 31.1 Å². The molecule has 0 radical (unpaired) electrons. The Morgan fingerprint density at radius 1 is 1.11 bits per heavy atom. The van der Waals surface area contributed by atoms with Crippen molar-refractivity contribution in [3.8, 4) is 0 Å². The number of carbonyl (C=O) groups excluding carboxylic acids is 3. The van der Waals surface area contributed by atoms with Crippen molar-refractivity contribution in [3.05, 3.63) is 48.3 Å². The van der Waals surface area contributed by atoms with Crippen molar-refractivity contribution < 1.29 is 27.6 Å². The number of alkyl halides is 3. The van der Waals surface area contributed by atoms with Gasteiger partial charge >= 0.3 is 11.5 Å². The summed E-state index contributed by atoms with van der Waals surface area (Å²) in [5.74, 6) is -0.690. The molecule has 0 saturated carbocycles. The largest absolute Gasteiger partial charge is 0.446 e. The van der Waals surface area contributed by atoms with Crippen molar-refractivity contribution >= 4 is 41.0 Å². The fourth-order valence-electron chi connectivity index (χ4n) is 4.20. The predicted molar refractivity (Wildman–Crippen MR) is 133 cm³/mol. The highest BCUT2D eigenvalue weighted by Crippen LogP contribution is 2.38. The van der Waals surface area contributed by atoms with Gasteiger partial charge in [0.05, 0.1) is 30.7 Å². The van der Waals surface area contributed by atoms with E-state index in [1.165, 1.54) is 41.6 Å². The Bertz CT molecular complexity index is 1160. The highest BCUT2D eigenvalue weighted by molar-refractivity contribution is 8.00. The SMILES string of the molecule is CC1C(=O)N(c2ccc(SC(F)(F)F)cc2)C(=O)N1Cc1ccncc1NC(=O)CN1CCN(C)CC1. The van der Waals surface area contributed by atoms with Gasteiger partial charge in [-0.05, 0) is 61.6 Å². The minimum absolute atomic E-state index is 0.0386. The number of imide groups is 1. The smallest absolute Gasteiger partial charge is 0.323 e. The van der Waals surface area contributed by atoms with Crippen molar-refractivity contribution in [2.45, 2.75) is 29.9 Å². The predicted octanol–water partition coefficient (Wildman–Crippen LogP) is 3.24. The van der Waals surface area contributed by atoms with Gasteiger partial charge in [0.2, 0.25) is 5.91 Å². The molecule has 4 rings (SSSR count). The Hall–Kier alpha value is -3.16. The van der Waals surface area contributed by atoms with E-state index in [0.29, 0.717) is 11.3 Å². The number of rotatable bonds is 7. The van der Waals surface area contributed by atoms with Crippen molar-refractivity contribution in [2.75, 3.05) is 50.0 Å². The van der Waals surface area contributed by atoms with Crippen LogP contribution in [0, 0.1) is 0 Å². The lowest BCUT2D eigenvalue weighted by Crippen LogP contribution is -2.47. The van der Waals surface area contributed by atoms with Gasteiger partial charge in [-0.1, -0.05) is 0 Å². The summed E-state index contributed by atoms with van der Waals surface area (Å²) in [6, 6.07) is 5.34. The zero-order chi connectivity index (χ0) is 26.7. The molecule has 3 heterocycles. The van der Waals surface area contributed by atoms with Crippen molar-refractivity contribution in [1.29, 1.82) is 0 Å².